The minimum absolute atomic E-state index is 0.0134. The molecule has 1 atom stereocenters. The first-order valence-corrected chi connectivity index (χ1v) is 10.7. The van der Waals surface area contributed by atoms with E-state index in [9.17, 15) is 19.8 Å². The lowest BCUT2D eigenvalue weighted by molar-refractivity contribution is 0.0867. The van der Waals surface area contributed by atoms with Crippen LogP contribution in [0.2, 0.25) is 0 Å². The van der Waals surface area contributed by atoms with Crippen molar-refractivity contribution in [1.29, 1.82) is 0 Å². The fourth-order valence-electron chi connectivity index (χ4n) is 4.55. The summed E-state index contributed by atoms with van der Waals surface area (Å²) >= 11 is 0. The zero-order valence-corrected chi connectivity index (χ0v) is 17.6. The molecule has 0 radical (unpaired) electrons. The number of carbonyl (C=O) groups excluding carboxylic acids is 2. The fourth-order valence-corrected chi connectivity index (χ4v) is 4.55. The van der Waals surface area contributed by atoms with Crippen molar-refractivity contribution in [2.45, 2.75) is 43.2 Å². The molecule has 1 heterocycles. The summed E-state index contributed by atoms with van der Waals surface area (Å²) in [4.78, 5) is 25.7. The average Bonchev–Trinajstić information content (AvgIpc) is 3.19. The molecule has 1 aliphatic carbocycles. The third-order valence-electron chi connectivity index (χ3n) is 6.43. The van der Waals surface area contributed by atoms with Gasteiger partial charge in [0.05, 0.1) is 23.7 Å². The molecule has 7 heteroatoms. The lowest BCUT2D eigenvalue weighted by Gasteiger charge is -2.27. The van der Waals surface area contributed by atoms with Crippen molar-refractivity contribution in [3.8, 4) is 5.75 Å². The number of rotatable bonds is 5. The Morgan fingerprint density at radius 3 is 2.45 bits per heavy atom. The number of ether oxygens (including phenoxy) is 1. The Balaban J connectivity index is 1.75. The molecule has 0 saturated heterocycles. The lowest BCUT2D eigenvalue weighted by atomic mass is 9.76. The van der Waals surface area contributed by atoms with Crippen molar-refractivity contribution < 1.29 is 24.5 Å². The average molecular weight is 424 g/mol. The minimum Gasteiger partial charge on any atom is -0.491 e. The van der Waals surface area contributed by atoms with E-state index in [4.69, 9.17) is 4.74 Å². The quantitative estimate of drug-likeness (QED) is 0.585. The van der Waals surface area contributed by atoms with Gasteiger partial charge in [0, 0.05) is 24.2 Å². The largest absolute Gasteiger partial charge is 0.491 e. The van der Waals surface area contributed by atoms with Gasteiger partial charge in [-0.2, -0.15) is 0 Å². The van der Waals surface area contributed by atoms with Crippen LogP contribution in [0.5, 0.6) is 5.75 Å². The predicted molar refractivity (Wildman–Crippen MR) is 115 cm³/mol. The number of aliphatic hydroxyl groups excluding tert-OH is 2. The van der Waals surface area contributed by atoms with Crippen LogP contribution in [0.4, 0.5) is 0 Å². The van der Waals surface area contributed by atoms with Gasteiger partial charge in [-0.3, -0.25) is 9.59 Å². The Morgan fingerprint density at radius 1 is 1.10 bits per heavy atom. The first-order valence-electron chi connectivity index (χ1n) is 10.7. The molecule has 1 aliphatic heterocycles. The second kappa shape index (κ2) is 8.69. The van der Waals surface area contributed by atoms with Crippen molar-refractivity contribution in [3.05, 3.63) is 64.7 Å². The number of nitrogens with one attached hydrogen (secondary N) is 2. The van der Waals surface area contributed by atoms with E-state index >= 15 is 0 Å². The molecule has 0 bridgehead atoms. The van der Waals surface area contributed by atoms with Gasteiger partial charge in [-0.25, -0.2) is 0 Å². The van der Waals surface area contributed by atoms with Gasteiger partial charge in [-0.1, -0.05) is 30.3 Å². The van der Waals surface area contributed by atoms with Crippen LogP contribution in [0.15, 0.2) is 42.5 Å². The summed E-state index contributed by atoms with van der Waals surface area (Å²) in [6.45, 7) is -0.0405. The van der Waals surface area contributed by atoms with E-state index in [1.807, 2.05) is 30.3 Å². The first-order chi connectivity index (χ1) is 15.0. The van der Waals surface area contributed by atoms with Crippen LogP contribution >= 0.6 is 0 Å². The number of fused-ring (bicyclic) bond motifs is 1. The van der Waals surface area contributed by atoms with Crippen LogP contribution in [-0.2, 0) is 5.41 Å². The Hall–Kier alpha value is -2.90. The van der Waals surface area contributed by atoms with Crippen LogP contribution in [0.1, 0.15) is 57.5 Å². The summed E-state index contributed by atoms with van der Waals surface area (Å²) in [6, 6.07) is 12.8. The van der Waals surface area contributed by atoms with E-state index in [2.05, 4.69) is 10.6 Å². The molecule has 2 aromatic rings. The second-order valence-corrected chi connectivity index (χ2v) is 8.35. The summed E-state index contributed by atoms with van der Waals surface area (Å²) in [7, 11) is 1.53. The zero-order valence-electron chi connectivity index (χ0n) is 17.6. The highest BCUT2D eigenvalue weighted by Crippen LogP contribution is 2.45. The summed E-state index contributed by atoms with van der Waals surface area (Å²) < 4.78 is 5.93. The SMILES string of the molecule is CNC(=O)c1cc(C(=O)N[C@H]2CC[C@H](O)CC2)cc2c1OC[C@@]2(CO)c1ccccc1. The van der Waals surface area contributed by atoms with E-state index in [1.165, 1.54) is 7.05 Å². The fraction of sp³-hybridized carbons (Fsp3) is 0.417. The van der Waals surface area contributed by atoms with Gasteiger partial charge >= 0.3 is 0 Å². The first kappa shape index (κ1) is 21.3. The molecule has 2 aromatic carbocycles. The Morgan fingerprint density at radius 2 is 1.81 bits per heavy atom. The van der Waals surface area contributed by atoms with E-state index in [1.54, 1.807) is 12.1 Å². The van der Waals surface area contributed by atoms with Crippen LogP contribution in [0, 0.1) is 0 Å². The Bertz CT molecular complexity index is 969. The summed E-state index contributed by atoms with van der Waals surface area (Å²) in [5.74, 6) is -0.232. The van der Waals surface area contributed by atoms with Crippen molar-refractivity contribution in [1.82, 2.24) is 10.6 Å². The topological polar surface area (TPSA) is 108 Å². The maximum Gasteiger partial charge on any atom is 0.254 e. The molecule has 0 aromatic heterocycles. The van der Waals surface area contributed by atoms with Gasteiger partial charge < -0.3 is 25.6 Å². The summed E-state index contributed by atoms with van der Waals surface area (Å²) in [5.41, 5.74) is 1.26. The van der Waals surface area contributed by atoms with Crippen molar-refractivity contribution in [2.24, 2.45) is 0 Å². The van der Waals surface area contributed by atoms with Gasteiger partial charge in [0.25, 0.3) is 11.8 Å². The van der Waals surface area contributed by atoms with Crippen LogP contribution in [0.3, 0.4) is 0 Å². The number of hydrogen-bond donors (Lipinski definition) is 4. The monoisotopic (exact) mass is 424 g/mol. The molecule has 1 fully saturated rings. The summed E-state index contributed by atoms with van der Waals surface area (Å²) in [5, 5.41) is 25.8. The van der Waals surface area contributed by atoms with Crippen molar-refractivity contribution in [2.75, 3.05) is 20.3 Å². The van der Waals surface area contributed by atoms with Gasteiger partial charge in [-0.15, -0.1) is 0 Å². The normalized spacial score (nSPS) is 24.7. The van der Waals surface area contributed by atoms with Crippen LogP contribution < -0.4 is 15.4 Å². The maximum absolute atomic E-state index is 13.1. The second-order valence-electron chi connectivity index (χ2n) is 8.35. The highest BCUT2D eigenvalue weighted by atomic mass is 16.5. The molecule has 2 amide bonds. The Kier molecular flexibility index (Phi) is 5.98. The highest BCUT2D eigenvalue weighted by Gasteiger charge is 2.44. The van der Waals surface area contributed by atoms with Crippen LogP contribution in [-0.4, -0.2) is 54.4 Å². The molecule has 4 N–H and O–H groups in total. The van der Waals surface area contributed by atoms with E-state index in [-0.39, 0.29) is 42.7 Å². The van der Waals surface area contributed by atoms with E-state index in [0.717, 1.165) is 5.56 Å². The lowest BCUT2D eigenvalue weighted by Crippen LogP contribution is -2.39. The van der Waals surface area contributed by atoms with E-state index in [0.29, 0.717) is 42.6 Å². The molecule has 0 unspecified atom stereocenters. The molecule has 164 valence electrons. The highest BCUT2D eigenvalue weighted by molar-refractivity contribution is 6.02. The van der Waals surface area contributed by atoms with Crippen molar-refractivity contribution in [3.63, 3.8) is 0 Å². The molecular formula is C24H28N2O5. The third kappa shape index (κ3) is 3.91. The number of hydrogen-bond acceptors (Lipinski definition) is 5. The smallest absolute Gasteiger partial charge is 0.254 e. The maximum atomic E-state index is 13.1. The predicted octanol–water partition coefficient (Wildman–Crippen LogP) is 1.75. The van der Waals surface area contributed by atoms with E-state index < -0.39 is 5.41 Å². The van der Waals surface area contributed by atoms with Gasteiger partial charge in [0.2, 0.25) is 0 Å². The molecular weight excluding hydrogens is 396 g/mol. The standard InChI is InChI=1S/C24H28N2O5/c1-25-23(30)19-11-15(22(29)26-17-7-9-18(28)10-8-17)12-20-21(19)31-14-24(20,13-27)16-5-3-2-4-6-16/h2-6,11-12,17-18,27-28H,7-10,13-14H2,1H3,(H,25,30)(H,26,29)/t17-,18-,24-/m0/s1. The molecule has 31 heavy (non-hydrogen) atoms. The zero-order chi connectivity index (χ0) is 22.0. The minimum atomic E-state index is -0.857. The van der Waals surface area contributed by atoms with Crippen molar-refractivity contribution >= 4 is 11.8 Å². The molecule has 2 aliphatic rings. The molecule has 7 nitrogen and oxygen atoms in total. The number of benzene rings is 2. The number of aliphatic hydroxyl groups is 2. The van der Waals surface area contributed by atoms with Gasteiger partial charge in [-0.05, 0) is 43.4 Å². The molecule has 0 spiro atoms. The number of amides is 2. The number of carbonyl (C=O) groups is 2. The molecule has 4 rings (SSSR count). The Labute approximate surface area is 181 Å². The van der Waals surface area contributed by atoms with Crippen LogP contribution in [0.25, 0.3) is 0 Å². The van der Waals surface area contributed by atoms with Gasteiger partial charge in [0.1, 0.15) is 12.4 Å². The van der Waals surface area contributed by atoms with Gasteiger partial charge in [0.15, 0.2) is 0 Å². The summed E-state index contributed by atoms with van der Waals surface area (Å²) in [6.07, 6.45) is 2.45. The third-order valence-corrected chi connectivity index (χ3v) is 6.43. The molecule has 1 saturated carbocycles.